The number of anilines is 1. The van der Waals surface area contributed by atoms with Gasteiger partial charge in [-0.15, -0.1) is 5.10 Å². The first-order valence-electron chi connectivity index (χ1n) is 14.1. The van der Waals surface area contributed by atoms with Crippen LogP contribution in [-0.2, 0) is 6.54 Å². The number of amides is 2. The lowest BCUT2D eigenvalue weighted by Crippen LogP contribution is -2.39. The molecule has 5 aromatic rings. The number of para-hydroxylation sites is 1. The standard InChI is InChI=1S/C31H31FN8O3/c1-4-38-19(2)28(31(43)40(38)23-11-6-5-7-12-23)30(42)35-22-16-24(20-9-8-10-21(32)15-20)37(18-22)27-14-13-26-34-17-25(29(41)33-3)39(26)36-27/h5-15,17,22,24H,4,16,18H2,1-3H3,(H,33,41)(H,35,42)/t22-,24+/m0/s1. The summed E-state index contributed by atoms with van der Waals surface area (Å²) in [7, 11) is 1.53. The van der Waals surface area contributed by atoms with E-state index in [1.165, 1.54) is 34.6 Å². The lowest BCUT2D eigenvalue weighted by Gasteiger charge is -2.26. The van der Waals surface area contributed by atoms with Crippen molar-refractivity contribution in [2.24, 2.45) is 0 Å². The Bertz CT molecular complexity index is 1890. The quantitative estimate of drug-likeness (QED) is 0.304. The van der Waals surface area contributed by atoms with Gasteiger partial charge < -0.3 is 15.5 Å². The summed E-state index contributed by atoms with van der Waals surface area (Å²) in [5, 5.41) is 10.4. The number of fused-ring (bicyclic) bond motifs is 1. The van der Waals surface area contributed by atoms with Crippen LogP contribution in [0.2, 0.25) is 0 Å². The summed E-state index contributed by atoms with van der Waals surface area (Å²) < 4.78 is 19.1. The molecule has 1 saturated heterocycles. The van der Waals surface area contributed by atoms with E-state index in [0.717, 1.165) is 5.56 Å². The lowest BCUT2D eigenvalue weighted by molar-refractivity contribution is 0.0934. The number of aromatic nitrogens is 5. The van der Waals surface area contributed by atoms with Crippen molar-refractivity contribution in [2.45, 2.75) is 38.9 Å². The maximum Gasteiger partial charge on any atom is 0.284 e. The predicted octanol–water partition coefficient (Wildman–Crippen LogP) is 3.26. The van der Waals surface area contributed by atoms with Gasteiger partial charge in [-0.25, -0.2) is 18.6 Å². The summed E-state index contributed by atoms with van der Waals surface area (Å²) >= 11 is 0. The SMILES string of the molecule is CCn1c(C)c(C(=O)N[C@H]2C[C@H](c3cccc(F)c3)N(c3ccc4ncc(C(=O)NC)n4n3)C2)c(=O)n1-c1ccccc1. The van der Waals surface area contributed by atoms with E-state index in [9.17, 15) is 18.8 Å². The summed E-state index contributed by atoms with van der Waals surface area (Å²) in [6.45, 7) is 4.54. The first-order valence-corrected chi connectivity index (χ1v) is 14.1. The molecule has 0 spiro atoms. The van der Waals surface area contributed by atoms with E-state index < -0.39 is 11.5 Å². The molecule has 2 N–H and O–H groups in total. The number of nitrogens with zero attached hydrogens (tertiary/aromatic N) is 6. The Morgan fingerprint density at radius 1 is 1.05 bits per heavy atom. The van der Waals surface area contributed by atoms with Crippen molar-refractivity contribution in [3.8, 4) is 5.69 Å². The second-order valence-corrected chi connectivity index (χ2v) is 10.4. The van der Waals surface area contributed by atoms with Crippen LogP contribution in [0.4, 0.5) is 10.2 Å². The lowest BCUT2D eigenvalue weighted by atomic mass is 10.0. The maximum atomic E-state index is 14.3. The molecule has 220 valence electrons. The third-order valence-corrected chi connectivity index (χ3v) is 7.90. The van der Waals surface area contributed by atoms with E-state index >= 15 is 0 Å². The molecular weight excluding hydrogens is 551 g/mol. The molecule has 0 saturated carbocycles. The minimum absolute atomic E-state index is 0.0830. The fourth-order valence-corrected chi connectivity index (χ4v) is 5.90. The normalized spacial score (nSPS) is 16.5. The van der Waals surface area contributed by atoms with Gasteiger partial charge in [0.25, 0.3) is 17.4 Å². The highest BCUT2D eigenvalue weighted by Crippen LogP contribution is 2.36. The number of carbonyl (C=O) groups is 2. The van der Waals surface area contributed by atoms with Gasteiger partial charge in [-0.1, -0.05) is 30.3 Å². The highest BCUT2D eigenvalue weighted by atomic mass is 19.1. The van der Waals surface area contributed by atoms with E-state index in [0.29, 0.717) is 42.4 Å². The van der Waals surface area contributed by atoms with Gasteiger partial charge in [0, 0.05) is 26.2 Å². The van der Waals surface area contributed by atoms with Crippen molar-refractivity contribution >= 4 is 23.3 Å². The second kappa shape index (κ2) is 11.2. The van der Waals surface area contributed by atoms with Crippen molar-refractivity contribution < 1.29 is 14.0 Å². The summed E-state index contributed by atoms with van der Waals surface area (Å²) in [5.74, 6) is -0.644. The Hall–Kier alpha value is -5.26. The van der Waals surface area contributed by atoms with Crippen LogP contribution in [-0.4, -0.2) is 55.4 Å². The van der Waals surface area contributed by atoms with Gasteiger partial charge in [0.1, 0.15) is 17.2 Å². The smallest absolute Gasteiger partial charge is 0.284 e. The van der Waals surface area contributed by atoms with Crippen LogP contribution in [0, 0.1) is 12.7 Å². The molecule has 2 amide bonds. The number of benzene rings is 2. The molecule has 0 bridgehead atoms. The zero-order valence-corrected chi connectivity index (χ0v) is 24.0. The molecule has 12 heteroatoms. The molecule has 11 nitrogen and oxygen atoms in total. The van der Waals surface area contributed by atoms with Crippen LogP contribution in [0.3, 0.4) is 0 Å². The van der Waals surface area contributed by atoms with Gasteiger partial charge in [0.05, 0.1) is 23.6 Å². The molecule has 0 radical (unpaired) electrons. The van der Waals surface area contributed by atoms with Gasteiger partial charge in [-0.2, -0.15) is 0 Å². The Morgan fingerprint density at radius 2 is 1.84 bits per heavy atom. The van der Waals surface area contributed by atoms with Gasteiger partial charge in [0.15, 0.2) is 11.3 Å². The molecule has 2 aromatic carbocycles. The average Bonchev–Trinajstić information content (AvgIpc) is 3.70. The largest absolute Gasteiger partial charge is 0.354 e. The van der Waals surface area contributed by atoms with Gasteiger partial charge in [-0.3, -0.25) is 19.1 Å². The van der Waals surface area contributed by atoms with Crippen LogP contribution in [0.1, 0.15) is 51.5 Å². The Kier molecular flexibility index (Phi) is 7.26. The van der Waals surface area contributed by atoms with Crippen LogP contribution in [0.25, 0.3) is 11.3 Å². The second-order valence-electron chi connectivity index (χ2n) is 10.4. The van der Waals surface area contributed by atoms with E-state index in [2.05, 4.69) is 15.6 Å². The Morgan fingerprint density at radius 3 is 2.56 bits per heavy atom. The first kappa shape index (κ1) is 27.9. The van der Waals surface area contributed by atoms with Crippen LogP contribution >= 0.6 is 0 Å². The third kappa shape index (κ3) is 4.94. The van der Waals surface area contributed by atoms with E-state index in [1.54, 1.807) is 29.8 Å². The maximum absolute atomic E-state index is 14.3. The molecule has 3 aromatic heterocycles. The van der Waals surface area contributed by atoms with E-state index in [-0.39, 0.29) is 35.1 Å². The predicted molar refractivity (Wildman–Crippen MR) is 159 cm³/mol. The number of nitrogens with one attached hydrogen (secondary N) is 2. The van der Waals surface area contributed by atoms with Crippen LogP contribution < -0.4 is 21.1 Å². The van der Waals surface area contributed by atoms with Gasteiger partial charge >= 0.3 is 0 Å². The number of hydrogen-bond acceptors (Lipinski definition) is 6. The molecule has 0 aliphatic carbocycles. The number of carbonyl (C=O) groups excluding carboxylic acids is 2. The topological polar surface area (TPSA) is 119 Å². The summed E-state index contributed by atoms with van der Waals surface area (Å²) in [6.07, 6.45) is 1.90. The molecule has 1 aliphatic rings. The summed E-state index contributed by atoms with van der Waals surface area (Å²) in [5.41, 5.74) is 2.42. The molecule has 1 fully saturated rings. The van der Waals surface area contributed by atoms with Gasteiger partial charge in [0.2, 0.25) is 0 Å². The monoisotopic (exact) mass is 582 g/mol. The minimum atomic E-state index is -0.468. The summed E-state index contributed by atoms with van der Waals surface area (Å²) in [6, 6.07) is 18.4. The minimum Gasteiger partial charge on any atom is -0.354 e. The van der Waals surface area contributed by atoms with Crippen molar-refractivity contribution in [2.75, 3.05) is 18.5 Å². The Labute approximate surface area is 246 Å². The molecule has 2 atom stereocenters. The number of halogens is 1. The first-order chi connectivity index (χ1) is 20.8. The average molecular weight is 583 g/mol. The Balaban J connectivity index is 1.35. The van der Waals surface area contributed by atoms with Crippen molar-refractivity contribution in [1.29, 1.82) is 0 Å². The number of imidazole rings is 1. The molecular formula is C31H31FN8O3. The van der Waals surface area contributed by atoms with E-state index in [1.807, 2.05) is 48.2 Å². The number of hydrogen-bond donors (Lipinski definition) is 2. The fraction of sp³-hybridized carbons (Fsp3) is 0.258. The van der Waals surface area contributed by atoms with Crippen molar-refractivity contribution in [1.82, 2.24) is 34.6 Å². The van der Waals surface area contributed by atoms with Crippen molar-refractivity contribution in [3.63, 3.8) is 0 Å². The zero-order valence-electron chi connectivity index (χ0n) is 24.0. The van der Waals surface area contributed by atoms with Crippen LogP contribution in [0.5, 0.6) is 0 Å². The number of rotatable bonds is 7. The van der Waals surface area contributed by atoms with E-state index in [4.69, 9.17) is 5.10 Å². The van der Waals surface area contributed by atoms with Crippen LogP contribution in [0.15, 0.2) is 77.7 Å². The molecule has 4 heterocycles. The molecule has 43 heavy (non-hydrogen) atoms. The summed E-state index contributed by atoms with van der Waals surface area (Å²) in [4.78, 5) is 45.9. The molecule has 6 rings (SSSR count). The molecule has 1 aliphatic heterocycles. The highest BCUT2D eigenvalue weighted by Gasteiger charge is 2.36. The zero-order chi connectivity index (χ0) is 30.2. The highest BCUT2D eigenvalue weighted by molar-refractivity contribution is 5.95. The van der Waals surface area contributed by atoms with Crippen molar-refractivity contribution in [3.05, 3.63) is 112 Å². The molecule has 0 unspecified atom stereocenters. The fourth-order valence-electron chi connectivity index (χ4n) is 5.90. The van der Waals surface area contributed by atoms with Gasteiger partial charge in [-0.05, 0) is 62.2 Å². The third-order valence-electron chi connectivity index (χ3n) is 7.90.